The Morgan fingerprint density at radius 1 is 1.13 bits per heavy atom. The molecule has 0 aromatic heterocycles. The van der Waals surface area contributed by atoms with Gasteiger partial charge in [0, 0.05) is 6.54 Å². The first-order valence-electron chi connectivity index (χ1n) is 10.8. The van der Waals surface area contributed by atoms with Crippen LogP contribution >= 0.6 is 0 Å². The molecule has 1 fully saturated rings. The number of unbranched alkanes of at least 4 members (excludes halogenated alkanes) is 1. The number of likely N-dealkylation sites (tertiary alicyclic amines) is 1. The van der Waals surface area contributed by atoms with Crippen LogP contribution in [0.25, 0.3) is 0 Å². The van der Waals surface area contributed by atoms with E-state index >= 15 is 0 Å². The molecule has 3 amide bonds. The average Bonchev–Trinajstić information content (AvgIpc) is 3.19. The summed E-state index contributed by atoms with van der Waals surface area (Å²) in [5, 5.41) is 23.1. The fraction of sp³-hybridized carbons (Fsp3) is 0.800. The van der Waals surface area contributed by atoms with Crippen LogP contribution in [-0.2, 0) is 19.2 Å². The van der Waals surface area contributed by atoms with Gasteiger partial charge in [-0.25, -0.2) is 4.79 Å². The van der Waals surface area contributed by atoms with E-state index in [1.807, 2.05) is 13.8 Å². The van der Waals surface area contributed by atoms with Crippen molar-refractivity contribution in [2.75, 3.05) is 19.7 Å². The lowest BCUT2D eigenvalue weighted by Crippen LogP contribution is -2.57. The van der Waals surface area contributed by atoms with E-state index in [4.69, 9.17) is 21.7 Å². The number of carbonyl (C=O) groups excluding carboxylic acids is 3. The van der Waals surface area contributed by atoms with Crippen molar-refractivity contribution in [3.8, 4) is 0 Å². The Kier molecular flexibility index (Phi) is 11.4. The summed E-state index contributed by atoms with van der Waals surface area (Å²) < 4.78 is 0. The van der Waals surface area contributed by atoms with Crippen molar-refractivity contribution >= 4 is 23.7 Å². The Labute approximate surface area is 182 Å². The highest BCUT2D eigenvalue weighted by atomic mass is 16.4. The summed E-state index contributed by atoms with van der Waals surface area (Å²) in [6.45, 7) is 3.97. The molecule has 0 spiro atoms. The van der Waals surface area contributed by atoms with Gasteiger partial charge >= 0.3 is 5.97 Å². The Bertz CT molecular complexity index is 629. The molecule has 4 unspecified atom stereocenters. The molecular weight excluding hydrogens is 406 g/mol. The summed E-state index contributed by atoms with van der Waals surface area (Å²) in [6, 6.07) is -3.91. The highest BCUT2D eigenvalue weighted by Crippen LogP contribution is 2.20. The topological polar surface area (TPSA) is 188 Å². The lowest BCUT2D eigenvalue weighted by atomic mass is 10.0. The zero-order valence-corrected chi connectivity index (χ0v) is 18.4. The van der Waals surface area contributed by atoms with Gasteiger partial charge in [0.15, 0.2) is 0 Å². The van der Waals surface area contributed by atoms with Gasteiger partial charge in [-0.05, 0) is 51.0 Å². The monoisotopic (exact) mass is 443 g/mol. The minimum Gasteiger partial charge on any atom is -0.480 e. The van der Waals surface area contributed by atoms with Crippen LogP contribution in [-0.4, -0.2) is 82.7 Å². The summed E-state index contributed by atoms with van der Waals surface area (Å²) in [7, 11) is 0. The summed E-state index contributed by atoms with van der Waals surface area (Å²) in [5.41, 5.74) is 11.5. The standard InChI is InChI=1S/C20H37N5O6/c1-12(2)10-13(22)19(29)25-9-5-7-16(25)18(28)23-14(6-3-4-8-21)17(27)24-15(11-26)20(30)31/h12-16,26H,3-11,21-22H2,1-2H3,(H,23,28)(H,24,27)(H,30,31). The zero-order chi connectivity index (χ0) is 23.6. The van der Waals surface area contributed by atoms with Gasteiger partial charge in [0.25, 0.3) is 0 Å². The zero-order valence-electron chi connectivity index (χ0n) is 18.4. The van der Waals surface area contributed by atoms with E-state index in [2.05, 4.69) is 10.6 Å². The second kappa shape index (κ2) is 13.2. The number of carboxylic acids is 1. The molecule has 31 heavy (non-hydrogen) atoms. The predicted molar refractivity (Wildman–Crippen MR) is 114 cm³/mol. The van der Waals surface area contributed by atoms with Crippen LogP contribution in [0.4, 0.5) is 0 Å². The van der Waals surface area contributed by atoms with Gasteiger partial charge in [-0.3, -0.25) is 14.4 Å². The first-order chi connectivity index (χ1) is 14.6. The number of hydrogen-bond acceptors (Lipinski definition) is 7. The molecular formula is C20H37N5O6. The van der Waals surface area contributed by atoms with Crippen molar-refractivity contribution in [3.63, 3.8) is 0 Å². The molecule has 1 rings (SSSR count). The molecule has 0 aromatic carbocycles. The highest BCUT2D eigenvalue weighted by Gasteiger charge is 2.37. The van der Waals surface area contributed by atoms with E-state index in [0.29, 0.717) is 45.2 Å². The minimum atomic E-state index is -1.47. The maximum Gasteiger partial charge on any atom is 0.328 e. The normalized spacial score (nSPS) is 19.0. The quantitative estimate of drug-likeness (QED) is 0.186. The number of nitrogens with zero attached hydrogens (tertiary/aromatic N) is 1. The Hall–Kier alpha value is -2.24. The van der Waals surface area contributed by atoms with Crippen molar-refractivity contribution < 1.29 is 29.4 Å². The third-order valence-corrected chi connectivity index (χ3v) is 5.26. The number of rotatable bonds is 13. The second-order valence-electron chi connectivity index (χ2n) is 8.35. The van der Waals surface area contributed by atoms with Gasteiger partial charge in [-0.2, -0.15) is 0 Å². The molecule has 178 valence electrons. The second-order valence-corrected chi connectivity index (χ2v) is 8.35. The molecule has 0 aliphatic carbocycles. The molecule has 0 bridgehead atoms. The lowest BCUT2D eigenvalue weighted by molar-refractivity contribution is -0.144. The summed E-state index contributed by atoms with van der Waals surface area (Å²) in [5.74, 6) is -2.62. The first-order valence-corrected chi connectivity index (χ1v) is 10.8. The number of nitrogens with one attached hydrogen (secondary N) is 2. The maximum atomic E-state index is 12.9. The average molecular weight is 444 g/mol. The van der Waals surface area contributed by atoms with Crippen molar-refractivity contribution in [3.05, 3.63) is 0 Å². The summed E-state index contributed by atoms with van der Waals surface area (Å²) in [6.07, 6.45) is 3.02. The van der Waals surface area contributed by atoms with Crippen LogP contribution in [0.15, 0.2) is 0 Å². The smallest absolute Gasteiger partial charge is 0.328 e. The van der Waals surface area contributed by atoms with Crippen molar-refractivity contribution in [1.82, 2.24) is 15.5 Å². The first kappa shape index (κ1) is 26.8. The highest BCUT2D eigenvalue weighted by molar-refractivity contribution is 5.94. The molecule has 11 heteroatoms. The van der Waals surface area contributed by atoms with E-state index in [1.54, 1.807) is 0 Å². The third-order valence-electron chi connectivity index (χ3n) is 5.26. The van der Waals surface area contributed by atoms with Gasteiger partial charge in [0.05, 0.1) is 12.6 Å². The molecule has 0 radical (unpaired) electrons. The molecule has 4 atom stereocenters. The fourth-order valence-electron chi connectivity index (χ4n) is 3.61. The molecule has 1 saturated heterocycles. The van der Waals surface area contributed by atoms with Crippen molar-refractivity contribution in [2.24, 2.45) is 17.4 Å². The number of nitrogens with two attached hydrogens (primary N) is 2. The Morgan fingerprint density at radius 3 is 2.35 bits per heavy atom. The summed E-state index contributed by atoms with van der Waals surface area (Å²) in [4.78, 5) is 50.8. The van der Waals surface area contributed by atoms with E-state index in [0.717, 1.165) is 0 Å². The van der Waals surface area contributed by atoms with Crippen LogP contribution in [0.5, 0.6) is 0 Å². The van der Waals surface area contributed by atoms with Crippen molar-refractivity contribution in [2.45, 2.75) is 76.5 Å². The van der Waals surface area contributed by atoms with Crippen molar-refractivity contribution in [1.29, 1.82) is 0 Å². The SMILES string of the molecule is CC(C)CC(N)C(=O)N1CCCC1C(=O)NC(CCCCN)C(=O)NC(CO)C(=O)O. The van der Waals surface area contributed by atoms with Crippen LogP contribution in [0.3, 0.4) is 0 Å². The van der Waals surface area contributed by atoms with E-state index in [1.165, 1.54) is 4.90 Å². The summed E-state index contributed by atoms with van der Waals surface area (Å²) >= 11 is 0. The number of aliphatic carboxylic acids is 1. The maximum absolute atomic E-state index is 12.9. The number of aliphatic hydroxyl groups is 1. The van der Waals surface area contributed by atoms with E-state index < -0.39 is 48.6 Å². The molecule has 11 nitrogen and oxygen atoms in total. The van der Waals surface area contributed by atoms with Gasteiger partial charge in [0.1, 0.15) is 18.1 Å². The lowest BCUT2D eigenvalue weighted by Gasteiger charge is -2.29. The number of hydrogen-bond donors (Lipinski definition) is 6. The third kappa shape index (κ3) is 8.42. The number of amides is 3. The number of carbonyl (C=O) groups is 4. The molecule has 1 heterocycles. The van der Waals surface area contributed by atoms with E-state index in [-0.39, 0.29) is 18.2 Å². The molecule has 0 saturated carbocycles. The molecule has 8 N–H and O–H groups in total. The molecule has 1 aliphatic heterocycles. The fourth-order valence-corrected chi connectivity index (χ4v) is 3.61. The molecule has 1 aliphatic rings. The van der Waals surface area contributed by atoms with Crippen LogP contribution in [0.2, 0.25) is 0 Å². The van der Waals surface area contributed by atoms with E-state index in [9.17, 15) is 19.2 Å². The number of carboxylic acid groups (broad SMARTS) is 1. The molecule has 0 aromatic rings. The minimum absolute atomic E-state index is 0.234. The largest absolute Gasteiger partial charge is 0.480 e. The predicted octanol–water partition coefficient (Wildman–Crippen LogP) is -1.47. The van der Waals surface area contributed by atoms with Gasteiger partial charge < -0.3 is 37.2 Å². The van der Waals surface area contributed by atoms with Gasteiger partial charge in [-0.15, -0.1) is 0 Å². The van der Waals surface area contributed by atoms with Crippen LogP contribution in [0.1, 0.15) is 52.4 Å². The van der Waals surface area contributed by atoms with Gasteiger partial charge in [-0.1, -0.05) is 13.8 Å². The van der Waals surface area contributed by atoms with Gasteiger partial charge in [0.2, 0.25) is 17.7 Å². The Balaban J connectivity index is 2.86. The Morgan fingerprint density at radius 2 is 1.81 bits per heavy atom. The van der Waals surface area contributed by atoms with Crippen LogP contribution < -0.4 is 22.1 Å². The van der Waals surface area contributed by atoms with Crippen LogP contribution in [0, 0.1) is 5.92 Å². The number of aliphatic hydroxyl groups excluding tert-OH is 1.